The molecule has 2 heterocycles. The predicted molar refractivity (Wildman–Crippen MR) is 110 cm³/mol. The van der Waals surface area contributed by atoms with Crippen molar-refractivity contribution in [2.45, 2.75) is 25.0 Å². The lowest BCUT2D eigenvalue weighted by Crippen LogP contribution is -2.31. The summed E-state index contributed by atoms with van der Waals surface area (Å²) in [6.07, 6.45) is 5.90. The molecule has 1 aromatic heterocycles. The number of hydrogen-bond acceptors (Lipinski definition) is 4. The van der Waals surface area contributed by atoms with Crippen molar-refractivity contribution in [3.63, 3.8) is 0 Å². The SMILES string of the molecule is Cn1ccnc1[C@H](NC(=O)c1ccc(OC[C@H]2CCCO2)cc1)c1ccccc1. The van der Waals surface area contributed by atoms with Crippen molar-refractivity contribution in [1.82, 2.24) is 14.9 Å². The molecule has 1 amide bonds. The number of rotatable bonds is 7. The van der Waals surface area contributed by atoms with Gasteiger partial charge in [0.15, 0.2) is 0 Å². The number of aromatic nitrogens is 2. The van der Waals surface area contributed by atoms with Gasteiger partial charge in [-0.25, -0.2) is 4.98 Å². The standard InChI is InChI=1S/C23H25N3O3/c1-26-14-13-24-22(26)21(17-6-3-2-4-7-17)25-23(27)18-9-11-19(12-10-18)29-16-20-8-5-15-28-20/h2-4,6-7,9-14,20-21H,5,8,15-16H2,1H3,(H,25,27)/t20-,21-/m1/s1. The topological polar surface area (TPSA) is 65.4 Å². The number of nitrogens with zero attached hydrogens (tertiary/aromatic N) is 2. The minimum Gasteiger partial charge on any atom is -0.491 e. The third kappa shape index (κ3) is 4.66. The van der Waals surface area contributed by atoms with Gasteiger partial charge in [0.05, 0.1) is 6.10 Å². The molecule has 2 atom stereocenters. The smallest absolute Gasteiger partial charge is 0.252 e. The number of aryl methyl sites for hydroxylation is 1. The Morgan fingerprint density at radius 1 is 1.24 bits per heavy atom. The van der Waals surface area contributed by atoms with Crippen LogP contribution in [0.3, 0.4) is 0 Å². The molecule has 0 bridgehead atoms. The maximum Gasteiger partial charge on any atom is 0.252 e. The molecule has 6 nitrogen and oxygen atoms in total. The Morgan fingerprint density at radius 3 is 2.69 bits per heavy atom. The molecular weight excluding hydrogens is 366 g/mol. The summed E-state index contributed by atoms with van der Waals surface area (Å²) in [4.78, 5) is 17.3. The van der Waals surface area contributed by atoms with E-state index in [2.05, 4.69) is 10.3 Å². The average Bonchev–Trinajstić information content (AvgIpc) is 3.43. The molecule has 0 aliphatic carbocycles. The van der Waals surface area contributed by atoms with Gasteiger partial charge in [-0.2, -0.15) is 0 Å². The Bertz CT molecular complexity index is 932. The molecule has 0 unspecified atom stereocenters. The number of imidazole rings is 1. The van der Waals surface area contributed by atoms with Crippen LogP contribution in [0.25, 0.3) is 0 Å². The fourth-order valence-corrected chi connectivity index (χ4v) is 3.48. The highest BCUT2D eigenvalue weighted by Gasteiger charge is 2.21. The van der Waals surface area contributed by atoms with E-state index in [1.165, 1.54) is 0 Å². The molecule has 1 saturated heterocycles. The Labute approximate surface area is 170 Å². The Morgan fingerprint density at radius 2 is 2.03 bits per heavy atom. The van der Waals surface area contributed by atoms with Crippen molar-refractivity contribution >= 4 is 5.91 Å². The van der Waals surface area contributed by atoms with Crippen LogP contribution in [-0.4, -0.2) is 34.8 Å². The van der Waals surface area contributed by atoms with Gasteiger partial charge in [-0.3, -0.25) is 4.79 Å². The van der Waals surface area contributed by atoms with Crippen LogP contribution in [0.15, 0.2) is 67.0 Å². The molecule has 29 heavy (non-hydrogen) atoms. The summed E-state index contributed by atoms with van der Waals surface area (Å²) in [7, 11) is 1.92. The normalized spacial score (nSPS) is 17.1. The summed E-state index contributed by atoms with van der Waals surface area (Å²) in [6.45, 7) is 1.35. The van der Waals surface area contributed by atoms with Gasteiger partial charge in [0, 0.05) is 31.6 Å². The Hall–Kier alpha value is -3.12. The van der Waals surface area contributed by atoms with Crippen molar-refractivity contribution in [2.24, 2.45) is 7.05 Å². The van der Waals surface area contributed by atoms with Gasteiger partial charge in [-0.15, -0.1) is 0 Å². The molecule has 0 radical (unpaired) electrons. The van der Waals surface area contributed by atoms with Crippen LogP contribution in [0.4, 0.5) is 0 Å². The van der Waals surface area contributed by atoms with Crippen molar-refractivity contribution in [3.05, 3.63) is 83.9 Å². The molecule has 6 heteroatoms. The monoisotopic (exact) mass is 391 g/mol. The van der Waals surface area contributed by atoms with E-state index in [0.717, 1.165) is 36.6 Å². The van der Waals surface area contributed by atoms with E-state index in [1.54, 1.807) is 18.3 Å². The molecule has 1 aliphatic rings. The number of amides is 1. The summed E-state index contributed by atoms with van der Waals surface area (Å²) in [5.41, 5.74) is 1.55. The van der Waals surface area contributed by atoms with Crippen molar-refractivity contribution in [1.29, 1.82) is 0 Å². The lowest BCUT2D eigenvalue weighted by molar-refractivity contribution is 0.0679. The molecule has 150 valence electrons. The minimum absolute atomic E-state index is 0.160. The molecule has 0 saturated carbocycles. The summed E-state index contributed by atoms with van der Waals surface area (Å²) < 4.78 is 13.3. The van der Waals surface area contributed by atoms with E-state index < -0.39 is 0 Å². The van der Waals surface area contributed by atoms with E-state index in [9.17, 15) is 4.79 Å². The zero-order valence-corrected chi connectivity index (χ0v) is 16.5. The maximum atomic E-state index is 12.9. The second-order valence-corrected chi connectivity index (χ2v) is 7.18. The third-order valence-corrected chi connectivity index (χ3v) is 5.10. The summed E-state index contributed by atoms with van der Waals surface area (Å²) in [5, 5.41) is 3.11. The van der Waals surface area contributed by atoms with Crippen molar-refractivity contribution in [2.75, 3.05) is 13.2 Å². The van der Waals surface area contributed by atoms with E-state index >= 15 is 0 Å². The number of carbonyl (C=O) groups is 1. The highest BCUT2D eigenvalue weighted by Crippen LogP contribution is 2.22. The zero-order chi connectivity index (χ0) is 20.1. The molecule has 3 aromatic rings. The van der Waals surface area contributed by atoms with Gasteiger partial charge in [0.25, 0.3) is 5.91 Å². The quantitative estimate of drug-likeness (QED) is 0.670. The summed E-state index contributed by atoms with van der Waals surface area (Å²) >= 11 is 0. The van der Waals surface area contributed by atoms with Gasteiger partial charge in [-0.1, -0.05) is 30.3 Å². The maximum absolute atomic E-state index is 12.9. The van der Waals surface area contributed by atoms with Gasteiger partial charge in [-0.05, 0) is 42.7 Å². The first-order valence-corrected chi connectivity index (χ1v) is 9.88. The minimum atomic E-state index is -0.334. The molecule has 1 aliphatic heterocycles. The Balaban J connectivity index is 1.45. The van der Waals surface area contributed by atoms with E-state index in [0.29, 0.717) is 12.2 Å². The van der Waals surface area contributed by atoms with Gasteiger partial charge in [0.2, 0.25) is 0 Å². The summed E-state index contributed by atoms with van der Waals surface area (Å²) in [5.74, 6) is 1.36. The van der Waals surface area contributed by atoms with E-state index in [4.69, 9.17) is 9.47 Å². The molecule has 0 spiro atoms. The fraction of sp³-hybridized carbons (Fsp3) is 0.304. The second-order valence-electron chi connectivity index (χ2n) is 7.18. The number of hydrogen-bond donors (Lipinski definition) is 1. The van der Waals surface area contributed by atoms with Crippen LogP contribution in [0.5, 0.6) is 5.75 Å². The predicted octanol–water partition coefficient (Wildman–Crippen LogP) is 3.50. The molecular formula is C23H25N3O3. The van der Waals surface area contributed by atoms with E-state index in [-0.39, 0.29) is 18.1 Å². The highest BCUT2D eigenvalue weighted by atomic mass is 16.5. The van der Waals surface area contributed by atoms with Crippen LogP contribution in [0.1, 0.15) is 40.6 Å². The van der Waals surface area contributed by atoms with Crippen LogP contribution >= 0.6 is 0 Å². The van der Waals surface area contributed by atoms with Crippen LogP contribution in [0.2, 0.25) is 0 Å². The second kappa shape index (κ2) is 8.92. The zero-order valence-electron chi connectivity index (χ0n) is 16.5. The number of carbonyl (C=O) groups excluding carboxylic acids is 1. The molecule has 1 fully saturated rings. The van der Waals surface area contributed by atoms with Crippen LogP contribution < -0.4 is 10.1 Å². The first kappa shape index (κ1) is 19.2. The van der Waals surface area contributed by atoms with Gasteiger partial charge < -0.3 is 19.4 Å². The molecule has 1 N–H and O–H groups in total. The average molecular weight is 391 g/mol. The van der Waals surface area contributed by atoms with Gasteiger partial charge in [0.1, 0.15) is 24.2 Å². The van der Waals surface area contributed by atoms with Crippen LogP contribution in [0, 0.1) is 0 Å². The van der Waals surface area contributed by atoms with Gasteiger partial charge >= 0.3 is 0 Å². The number of nitrogens with one attached hydrogen (secondary N) is 1. The summed E-state index contributed by atoms with van der Waals surface area (Å²) in [6, 6.07) is 16.7. The van der Waals surface area contributed by atoms with E-state index in [1.807, 2.05) is 60.3 Å². The largest absolute Gasteiger partial charge is 0.491 e. The first-order chi connectivity index (χ1) is 14.2. The molecule has 2 aromatic carbocycles. The Kier molecular flexibility index (Phi) is 5.91. The number of ether oxygens (including phenoxy) is 2. The lowest BCUT2D eigenvalue weighted by Gasteiger charge is -2.19. The molecule has 4 rings (SSSR count). The van der Waals surface area contributed by atoms with Crippen molar-refractivity contribution < 1.29 is 14.3 Å². The van der Waals surface area contributed by atoms with Crippen LogP contribution in [-0.2, 0) is 11.8 Å². The third-order valence-electron chi connectivity index (χ3n) is 5.10. The highest BCUT2D eigenvalue weighted by molar-refractivity contribution is 5.94. The number of benzene rings is 2. The first-order valence-electron chi connectivity index (χ1n) is 9.88. The fourth-order valence-electron chi connectivity index (χ4n) is 3.48. The van der Waals surface area contributed by atoms with Crippen molar-refractivity contribution in [3.8, 4) is 5.75 Å². The lowest BCUT2D eigenvalue weighted by atomic mass is 10.1.